The molecular weight excluding hydrogens is 364 g/mol. The van der Waals surface area contributed by atoms with Crippen molar-refractivity contribution >= 4 is 52.1 Å². The van der Waals surface area contributed by atoms with Gasteiger partial charge in [0.2, 0.25) is 0 Å². The van der Waals surface area contributed by atoms with Crippen LogP contribution in [0, 0.1) is 0 Å². The third-order valence-corrected chi connectivity index (χ3v) is 5.23. The van der Waals surface area contributed by atoms with Crippen LogP contribution >= 0.6 is 24.0 Å². The van der Waals surface area contributed by atoms with Crippen LogP contribution in [0.1, 0.15) is 18.6 Å². The normalized spacial score (nSPS) is 19.9. The lowest BCUT2D eigenvalue weighted by Gasteiger charge is -2.26. The van der Waals surface area contributed by atoms with Crippen molar-refractivity contribution in [1.82, 2.24) is 4.90 Å². The lowest BCUT2D eigenvalue weighted by atomic mass is 10.3. The zero-order chi connectivity index (χ0) is 17.8. The Morgan fingerprint density at radius 3 is 2.84 bits per heavy atom. The third kappa shape index (κ3) is 4.42. The number of nitrogens with zero attached hydrogens (tertiary/aromatic N) is 2. The van der Waals surface area contributed by atoms with E-state index < -0.39 is 5.97 Å². The first-order valence-corrected chi connectivity index (χ1v) is 9.17. The Hall–Kier alpha value is -1.84. The molecule has 2 fully saturated rings. The van der Waals surface area contributed by atoms with Gasteiger partial charge in [0.25, 0.3) is 5.91 Å². The minimum Gasteiger partial charge on any atom is -0.481 e. The smallest absolute Gasteiger partial charge is 0.303 e. The second-order valence-corrected chi connectivity index (χ2v) is 7.28. The molecule has 0 saturated carbocycles. The van der Waals surface area contributed by atoms with Crippen molar-refractivity contribution in [3.05, 3.63) is 22.8 Å². The van der Waals surface area contributed by atoms with Crippen molar-refractivity contribution in [3.8, 4) is 0 Å². The number of rotatable bonds is 6. The molecular formula is C16H18N2O5S2. The van der Waals surface area contributed by atoms with Crippen molar-refractivity contribution in [2.45, 2.75) is 12.8 Å². The van der Waals surface area contributed by atoms with Crippen molar-refractivity contribution < 1.29 is 23.8 Å². The second kappa shape index (κ2) is 8.03. The predicted molar refractivity (Wildman–Crippen MR) is 98.5 cm³/mol. The molecule has 1 N–H and O–H groups in total. The number of ether oxygens (including phenoxy) is 1. The number of thiocarbonyl (C=S) groups is 1. The monoisotopic (exact) mass is 382 g/mol. The van der Waals surface area contributed by atoms with Gasteiger partial charge < -0.3 is 19.2 Å². The lowest BCUT2D eigenvalue weighted by Crippen LogP contribution is -2.35. The molecule has 0 spiro atoms. The molecule has 7 nitrogen and oxygen atoms in total. The van der Waals surface area contributed by atoms with E-state index in [2.05, 4.69) is 4.90 Å². The van der Waals surface area contributed by atoms with E-state index in [4.69, 9.17) is 26.5 Å². The number of anilines is 1. The Morgan fingerprint density at radius 1 is 1.36 bits per heavy atom. The summed E-state index contributed by atoms with van der Waals surface area (Å²) in [6.45, 7) is 3.21. The minimum absolute atomic E-state index is 0.0111. The summed E-state index contributed by atoms with van der Waals surface area (Å²) >= 11 is 6.43. The van der Waals surface area contributed by atoms with Gasteiger partial charge in [-0.3, -0.25) is 14.5 Å². The zero-order valence-corrected chi connectivity index (χ0v) is 15.1. The maximum atomic E-state index is 12.4. The van der Waals surface area contributed by atoms with Crippen molar-refractivity contribution in [2.24, 2.45) is 0 Å². The average molecular weight is 382 g/mol. The highest BCUT2D eigenvalue weighted by Gasteiger charge is 2.32. The molecule has 0 atom stereocenters. The number of carboxylic acids is 1. The number of carboxylic acid groups (broad SMARTS) is 1. The highest BCUT2D eigenvalue weighted by molar-refractivity contribution is 8.26. The van der Waals surface area contributed by atoms with Gasteiger partial charge in [-0.1, -0.05) is 24.0 Å². The highest BCUT2D eigenvalue weighted by atomic mass is 32.2. The summed E-state index contributed by atoms with van der Waals surface area (Å²) < 4.78 is 11.6. The topological polar surface area (TPSA) is 83.2 Å². The van der Waals surface area contributed by atoms with Crippen LogP contribution in [0.4, 0.5) is 5.88 Å². The molecule has 1 aromatic rings. The van der Waals surface area contributed by atoms with Crippen LogP contribution in [-0.2, 0) is 14.3 Å². The summed E-state index contributed by atoms with van der Waals surface area (Å²) in [4.78, 5) is 27.1. The molecule has 9 heteroatoms. The van der Waals surface area contributed by atoms with Gasteiger partial charge >= 0.3 is 5.97 Å². The molecule has 0 aliphatic carbocycles. The number of thioether (sulfide) groups is 1. The minimum atomic E-state index is -0.882. The van der Waals surface area contributed by atoms with Gasteiger partial charge in [-0.2, -0.15) is 0 Å². The van der Waals surface area contributed by atoms with Crippen LogP contribution in [0.2, 0.25) is 0 Å². The number of carbonyl (C=O) groups is 2. The summed E-state index contributed by atoms with van der Waals surface area (Å²) in [5.41, 5.74) is 0. The fourth-order valence-corrected chi connectivity index (χ4v) is 3.87. The van der Waals surface area contributed by atoms with Gasteiger partial charge in [0.05, 0.1) is 18.1 Å². The first-order chi connectivity index (χ1) is 12.0. The van der Waals surface area contributed by atoms with Crippen LogP contribution < -0.4 is 4.90 Å². The fraction of sp³-hybridized carbons (Fsp3) is 0.438. The second-order valence-electron chi connectivity index (χ2n) is 5.61. The van der Waals surface area contributed by atoms with Crippen molar-refractivity contribution in [1.29, 1.82) is 0 Å². The van der Waals surface area contributed by atoms with E-state index in [1.54, 1.807) is 6.08 Å². The molecule has 2 aliphatic heterocycles. The van der Waals surface area contributed by atoms with E-state index in [1.807, 2.05) is 12.1 Å². The van der Waals surface area contributed by atoms with E-state index in [-0.39, 0.29) is 12.3 Å². The Kier molecular flexibility index (Phi) is 5.77. The Bertz CT molecular complexity index is 709. The summed E-state index contributed by atoms with van der Waals surface area (Å²) in [6.07, 6.45) is 2.06. The van der Waals surface area contributed by atoms with E-state index in [9.17, 15) is 9.59 Å². The molecule has 0 aromatic carbocycles. The molecule has 1 aromatic heterocycles. The van der Waals surface area contributed by atoms with Crippen LogP contribution in [0.15, 0.2) is 21.5 Å². The van der Waals surface area contributed by atoms with E-state index >= 15 is 0 Å². The predicted octanol–water partition coefficient (Wildman–Crippen LogP) is 2.18. The number of amides is 1. The van der Waals surface area contributed by atoms with E-state index in [1.165, 1.54) is 16.7 Å². The lowest BCUT2D eigenvalue weighted by molar-refractivity contribution is -0.137. The Morgan fingerprint density at radius 2 is 2.12 bits per heavy atom. The number of aliphatic carboxylic acids is 1. The molecule has 134 valence electrons. The van der Waals surface area contributed by atoms with E-state index in [0.29, 0.717) is 41.2 Å². The van der Waals surface area contributed by atoms with Gasteiger partial charge in [-0.15, -0.1) is 0 Å². The summed E-state index contributed by atoms with van der Waals surface area (Å²) in [5.74, 6) is 0.260. The van der Waals surface area contributed by atoms with Gasteiger partial charge in [-0.25, -0.2) is 0 Å². The van der Waals surface area contributed by atoms with Crippen LogP contribution in [-0.4, -0.2) is 59.1 Å². The number of hydrogen-bond acceptors (Lipinski definition) is 7. The van der Waals surface area contributed by atoms with Crippen molar-refractivity contribution in [3.63, 3.8) is 0 Å². The average Bonchev–Trinajstić information content (AvgIpc) is 3.16. The number of carbonyl (C=O) groups excluding carboxylic acids is 1. The molecule has 0 radical (unpaired) electrons. The van der Waals surface area contributed by atoms with Crippen LogP contribution in [0.3, 0.4) is 0 Å². The quantitative estimate of drug-likeness (QED) is 0.592. The third-order valence-electron chi connectivity index (χ3n) is 3.85. The maximum absolute atomic E-state index is 12.4. The van der Waals surface area contributed by atoms with Crippen LogP contribution in [0.25, 0.3) is 6.08 Å². The summed E-state index contributed by atoms with van der Waals surface area (Å²) in [7, 11) is 0. The standard InChI is InChI=1S/C16H18N2O5S2/c19-14(20)2-1-5-18-15(21)12(25-16(18)24)10-11-3-4-13(23-11)17-6-8-22-9-7-17/h3-4,10H,1-2,5-9H2,(H,19,20). The van der Waals surface area contributed by atoms with Gasteiger partial charge in [0.1, 0.15) is 10.1 Å². The summed E-state index contributed by atoms with van der Waals surface area (Å²) in [6, 6.07) is 3.70. The number of hydrogen-bond donors (Lipinski definition) is 1. The molecule has 0 unspecified atom stereocenters. The first-order valence-electron chi connectivity index (χ1n) is 7.94. The SMILES string of the molecule is O=C(O)CCCN1C(=O)C(=Cc2ccc(N3CCOCC3)o2)SC1=S. The van der Waals surface area contributed by atoms with Gasteiger partial charge in [0.15, 0.2) is 5.88 Å². The largest absolute Gasteiger partial charge is 0.481 e. The zero-order valence-electron chi connectivity index (χ0n) is 13.5. The fourth-order valence-electron chi connectivity index (χ4n) is 2.58. The van der Waals surface area contributed by atoms with Gasteiger partial charge in [-0.05, 0) is 12.5 Å². The number of furan rings is 1. The molecule has 2 aliphatic rings. The molecule has 3 rings (SSSR count). The highest BCUT2D eigenvalue weighted by Crippen LogP contribution is 2.33. The molecule has 25 heavy (non-hydrogen) atoms. The Balaban J connectivity index is 1.65. The maximum Gasteiger partial charge on any atom is 0.303 e. The Labute approximate surface area is 154 Å². The molecule has 3 heterocycles. The first kappa shape index (κ1) is 18.0. The van der Waals surface area contributed by atoms with Crippen molar-refractivity contribution in [2.75, 3.05) is 37.7 Å². The molecule has 0 bridgehead atoms. The molecule has 1 amide bonds. The van der Waals surface area contributed by atoms with E-state index in [0.717, 1.165) is 19.0 Å². The van der Waals surface area contributed by atoms with Gasteiger partial charge in [0, 0.05) is 38.2 Å². The van der Waals surface area contributed by atoms with Crippen LogP contribution in [0.5, 0.6) is 0 Å². The number of morpholine rings is 1. The summed E-state index contributed by atoms with van der Waals surface area (Å²) in [5, 5.41) is 8.70. The molecule has 2 saturated heterocycles.